The van der Waals surface area contributed by atoms with Crippen molar-refractivity contribution in [3.8, 4) is 11.5 Å². The van der Waals surface area contributed by atoms with Crippen LogP contribution in [-0.4, -0.2) is 31.6 Å². The Kier molecular flexibility index (Phi) is 5.73. The van der Waals surface area contributed by atoms with Crippen LogP contribution in [0.1, 0.15) is 40.5 Å². The number of carbonyl (C=O) groups is 2. The summed E-state index contributed by atoms with van der Waals surface area (Å²) >= 11 is 0. The first-order chi connectivity index (χ1) is 12.7. The molecule has 2 amide bonds. The minimum absolute atomic E-state index is 0.174. The Balaban J connectivity index is 1.68. The van der Waals surface area contributed by atoms with Crippen LogP contribution in [0, 0.1) is 0 Å². The maximum absolute atomic E-state index is 12.5. The van der Waals surface area contributed by atoms with Gasteiger partial charge in [-0.15, -0.1) is 0 Å². The normalized spacial score (nSPS) is 12.3. The van der Waals surface area contributed by atoms with Crippen LogP contribution in [0.4, 0.5) is 5.69 Å². The highest BCUT2D eigenvalue weighted by Crippen LogP contribution is 2.32. The first-order valence-electron chi connectivity index (χ1n) is 8.76. The molecule has 0 aromatic heterocycles. The summed E-state index contributed by atoms with van der Waals surface area (Å²) in [6, 6.07) is 11.9. The van der Waals surface area contributed by atoms with Crippen LogP contribution in [0.2, 0.25) is 0 Å². The Morgan fingerprint density at radius 1 is 0.962 bits per heavy atom. The first kappa shape index (κ1) is 17.8. The summed E-state index contributed by atoms with van der Waals surface area (Å²) in [5.41, 5.74) is 1.50. The van der Waals surface area contributed by atoms with Crippen molar-refractivity contribution in [2.75, 3.05) is 25.1 Å². The first-order valence-corrected chi connectivity index (χ1v) is 8.76. The van der Waals surface area contributed by atoms with E-state index in [0.717, 1.165) is 12.8 Å². The topological polar surface area (TPSA) is 76.7 Å². The quantitative estimate of drug-likeness (QED) is 0.781. The van der Waals surface area contributed by atoms with E-state index < -0.39 is 0 Å². The van der Waals surface area contributed by atoms with E-state index in [4.69, 9.17) is 9.47 Å². The van der Waals surface area contributed by atoms with Crippen molar-refractivity contribution in [2.45, 2.75) is 19.8 Å². The average Bonchev–Trinajstić information content (AvgIpc) is 2.68. The fraction of sp³-hybridized carbons (Fsp3) is 0.300. The van der Waals surface area contributed by atoms with Crippen molar-refractivity contribution in [2.24, 2.45) is 0 Å². The molecule has 0 unspecified atom stereocenters. The van der Waals surface area contributed by atoms with Gasteiger partial charge in [-0.2, -0.15) is 0 Å². The third-order valence-electron chi connectivity index (χ3n) is 4.00. The number of rotatable bonds is 6. The van der Waals surface area contributed by atoms with Crippen molar-refractivity contribution in [1.29, 1.82) is 0 Å². The predicted octanol–water partition coefficient (Wildman–Crippen LogP) is 3.24. The molecule has 0 spiro atoms. The summed E-state index contributed by atoms with van der Waals surface area (Å²) in [6.07, 6.45) is 1.94. The van der Waals surface area contributed by atoms with Crippen LogP contribution in [0.15, 0.2) is 42.5 Å². The van der Waals surface area contributed by atoms with Gasteiger partial charge in [0.05, 0.1) is 0 Å². The third-order valence-corrected chi connectivity index (χ3v) is 4.00. The van der Waals surface area contributed by atoms with Crippen LogP contribution >= 0.6 is 0 Å². The summed E-state index contributed by atoms with van der Waals surface area (Å²) < 4.78 is 11.0. The summed E-state index contributed by atoms with van der Waals surface area (Å²) in [5, 5.41) is 5.67. The molecule has 2 aromatic carbocycles. The molecule has 6 nitrogen and oxygen atoms in total. The highest BCUT2D eigenvalue weighted by Gasteiger charge is 2.14. The number of amides is 2. The molecule has 0 bridgehead atoms. The average molecular weight is 354 g/mol. The van der Waals surface area contributed by atoms with Crippen LogP contribution in [0.25, 0.3) is 0 Å². The number of carbonyl (C=O) groups excluding carboxylic acids is 2. The predicted molar refractivity (Wildman–Crippen MR) is 99.1 cm³/mol. The Morgan fingerprint density at radius 2 is 1.69 bits per heavy atom. The Morgan fingerprint density at radius 3 is 2.46 bits per heavy atom. The van der Waals surface area contributed by atoms with Gasteiger partial charge < -0.3 is 20.1 Å². The molecule has 0 atom stereocenters. The zero-order valence-electron chi connectivity index (χ0n) is 14.7. The van der Waals surface area contributed by atoms with Crippen LogP contribution in [0.5, 0.6) is 11.5 Å². The molecular formula is C20H22N2O4. The van der Waals surface area contributed by atoms with Crippen LogP contribution < -0.4 is 20.1 Å². The number of hydrogen-bond donors (Lipinski definition) is 2. The van der Waals surface area contributed by atoms with Crippen molar-refractivity contribution >= 4 is 17.5 Å². The van der Waals surface area contributed by atoms with Crippen LogP contribution in [0.3, 0.4) is 0 Å². The lowest BCUT2D eigenvalue weighted by Gasteiger charge is -2.19. The van der Waals surface area contributed by atoms with E-state index in [1.165, 1.54) is 0 Å². The summed E-state index contributed by atoms with van der Waals surface area (Å²) in [7, 11) is 0. The molecule has 3 rings (SSSR count). The molecule has 0 aliphatic carbocycles. The number of fused-ring (bicyclic) bond motifs is 1. The fourth-order valence-electron chi connectivity index (χ4n) is 2.61. The zero-order chi connectivity index (χ0) is 18.4. The number of hydrogen-bond acceptors (Lipinski definition) is 4. The maximum Gasteiger partial charge on any atom is 0.255 e. The van der Waals surface area contributed by atoms with E-state index in [-0.39, 0.29) is 11.8 Å². The summed E-state index contributed by atoms with van der Waals surface area (Å²) in [4.78, 5) is 24.6. The maximum atomic E-state index is 12.5. The Labute approximate surface area is 152 Å². The second-order valence-corrected chi connectivity index (χ2v) is 6.00. The van der Waals surface area contributed by atoms with E-state index in [1.54, 1.807) is 42.5 Å². The number of unbranched alkanes of at least 4 members (excludes halogenated alkanes) is 1. The standard InChI is InChI=1S/C20H22N2O4/c1-2-3-9-21-19(23)14-5-4-6-15(12-14)20(24)22-16-7-8-17-18(13-16)26-11-10-25-17/h4-8,12-13H,2-3,9-11H2,1H3,(H,21,23)(H,22,24). The molecule has 0 radical (unpaired) electrons. The molecule has 0 fully saturated rings. The smallest absolute Gasteiger partial charge is 0.255 e. The van der Waals surface area contributed by atoms with E-state index in [2.05, 4.69) is 17.6 Å². The molecule has 2 N–H and O–H groups in total. The van der Waals surface area contributed by atoms with Crippen molar-refractivity contribution in [1.82, 2.24) is 5.32 Å². The third kappa shape index (κ3) is 4.33. The van der Waals surface area contributed by atoms with Gasteiger partial charge in [0.25, 0.3) is 11.8 Å². The molecular weight excluding hydrogens is 332 g/mol. The second kappa shape index (κ2) is 8.38. The van der Waals surface area contributed by atoms with Gasteiger partial charge in [0.1, 0.15) is 13.2 Å². The van der Waals surface area contributed by atoms with E-state index in [1.807, 2.05) is 0 Å². The monoisotopic (exact) mass is 354 g/mol. The van der Waals surface area contributed by atoms with E-state index >= 15 is 0 Å². The van der Waals surface area contributed by atoms with Gasteiger partial charge in [0.2, 0.25) is 0 Å². The molecule has 136 valence electrons. The number of anilines is 1. The molecule has 1 aliphatic heterocycles. The van der Waals surface area contributed by atoms with Gasteiger partial charge in [0.15, 0.2) is 11.5 Å². The summed E-state index contributed by atoms with van der Waals surface area (Å²) in [6.45, 7) is 3.70. The van der Waals surface area contributed by atoms with Gasteiger partial charge >= 0.3 is 0 Å². The molecule has 6 heteroatoms. The van der Waals surface area contributed by atoms with Gasteiger partial charge in [0, 0.05) is 29.4 Å². The SMILES string of the molecule is CCCCNC(=O)c1cccc(C(=O)Nc2ccc3c(c2)OCCO3)c1. The summed E-state index contributed by atoms with van der Waals surface area (Å²) in [5.74, 6) is 0.815. The van der Waals surface area contributed by atoms with Crippen molar-refractivity contribution < 1.29 is 19.1 Å². The fourth-order valence-corrected chi connectivity index (χ4v) is 2.61. The number of nitrogens with one attached hydrogen (secondary N) is 2. The Bertz CT molecular complexity index is 804. The van der Waals surface area contributed by atoms with E-state index in [9.17, 15) is 9.59 Å². The lowest BCUT2D eigenvalue weighted by molar-refractivity contribution is 0.0953. The molecule has 2 aromatic rings. The minimum atomic E-state index is -0.287. The van der Waals surface area contributed by atoms with Crippen LogP contribution in [-0.2, 0) is 0 Å². The lowest BCUT2D eigenvalue weighted by Crippen LogP contribution is -2.24. The van der Waals surface area contributed by atoms with Gasteiger partial charge in [-0.1, -0.05) is 19.4 Å². The second-order valence-electron chi connectivity index (χ2n) is 6.00. The van der Waals surface area contributed by atoms with E-state index in [0.29, 0.717) is 48.1 Å². The molecule has 1 heterocycles. The zero-order valence-corrected chi connectivity index (χ0v) is 14.7. The van der Waals surface area contributed by atoms with Gasteiger partial charge in [-0.25, -0.2) is 0 Å². The lowest BCUT2D eigenvalue weighted by atomic mass is 10.1. The molecule has 0 saturated carbocycles. The molecule has 0 saturated heterocycles. The van der Waals surface area contributed by atoms with Gasteiger partial charge in [-0.05, 0) is 36.8 Å². The van der Waals surface area contributed by atoms with Crippen molar-refractivity contribution in [3.05, 3.63) is 53.6 Å². The number of benzene rings is 2. The largest absolute Gasteiger partial charge is 0.486 e. The highest BCUT2D eigenvalue weighted by atomic mass is 16.6. The molecule has 26 heavy (non-hydrogen) atoms. The van der Waals surface area contributed by atoms with Crippen molar-refractivity contribution in [3.63, 3.8) is 0 Å². The Hall–Kier alpha value is -3.02. The van der Waals surface area contributed by atoms with Gasteiger partial charge in [-0.3, -0.25) is 9.59 Å². The number of ether oxygens (including phenoxy) is 2. The minimum Gasteiger partial charge on any atom is -0.486 e. The molecule has 1 aliphatic rings. The highest BCUT2D eigenvalue weighted by molar-refractivity contribution is 6.06.